The molecule has 0 heterocycles. The monoisotopic (exact) mass is 312 g/mol. The molecule has 1 N–H and O–H groups in total. The van der Waals surface area contributed by atoms with Gasteiger partial charge in [-0.1, -0.05) is 26.0 Å². The SMILES string of the molecule is CC1(C)CC(=O)C(=C(O)c2ccc(C(F)(F)F)cc2)C(=O)C1. The smallest absolute Gasteiger partial charge is 0.416 e. The van der Waals surface area contributed by atoms with Crippen LogP contribution in [0.15, 0.2) is 29.8 Å². The van der Waals surface area contributed by atoms with Crippen LogP contribution in [0.3, 0.4) is 0 Å². The number of carbonyl (C=O) groups is 2. The molecule has 1 aromatic rings. The molecule has 0 bridgehead atoms. The molecule has 0 spiro atoms. The first-order chi connectivity index (χ1) is 10.0. The summed E-state index contributed by atoms with van der Waals surface area (Å²) in [6.07, 6.45) is -4.26. The number of Topliss-reactive ketones (excluding diaryl/α,β-unsaturated/α-hetero) is 2. The minimum absolute atomic E-state index is 0.0180. The molecule has 6 heteroatoms. The number of hydrogen-bond acceptors (Lipinski definition) is 3. The van der Waals surface area contributed by atoms with Crippen LogP contribution in [-0.2, 0) is 15.8 Å². The van der Waals surface area contributed by atoms with E-state index < -0.39 is 34.5 Å². The number of benzene rings is 1. The van der Waals surface area contributed by atoms with Crippen LogP contribution in [0.5, 0.6) is 0 Å². The molecule has 0 aromatic heterocycles. The van der Waals surface area contributed by atoms with Crippen LogP contribution in [0.4, 0.5) is 13.2 Å². The summed E-state index contributed by atoms with van der Waals surface area (Å²) >= 11 is 0. The maximum atomic E-state index is 12.5. The van der Waals surface area contributed by atoms with E-state index in [2.05, 4.69) is 0 Å². The van der Waals surface area contributed by atoms with E-state index in [0.717, 1.165) is 24.3 Å². The summed E-state index contributed by atoms with van der Waals surface area (Å²) in [5, 5.41) is 10.1. The van der Waals surface area contributed by atoms with Crippen LogP contribution in [-0.4, -0.2) is 16.7 Å². The highest BCUT2D eigenvalue weighted by atomic mass is 19.4. The van der Waals surface area contributed by atoms with Crippen molar-refractivity contribution in [2.24, 2.45) is 5.41 Å². The van der Waals surface area contributed by atoms with Crippen LogP contribution in [0.25, 0.3) is 5.76 Å². The third-order valence-electron chi connectivity index (χ3n) is 3.56. The molecular weight excluding hydrogens is 297 g/mol. The normalized spacial score (nSPS) is 18.5. The van der Waals surface area contributed by atoms with Gasteiger partial charge in [0.25, 0.3) is 0 Å². The van der Waals surface area contributed by atoms with Crippen molar-refractivity contribution < 1.29 is 27.9 Å². The van der Waals surface area contributed by atoms with Gasteiger partial charge in [0.1, 0.15) is 11.3 Å². The fourth-order valence-electron chi connectivity index (χ4n) is 2.49. The van der Waals surface area contributed by atoms with Crippen molar-refractivity contribution in [2.45, 2.75) is 32.9 Å². The number of carbonyl (C=O) groups excluding carboxylic acids is 2. The average molecular weight is 312 g/mol. The Bertz CT molecular complexity index is 630. The third-order valence-corrected chi connectivity index (χ3v) is 3.56. The minimum atomic E-state index is -4.48. The van der Waals surface area contributed by atoms with Crippen molar-refractivity contribution in [1.29, 1.82) is 0 Å². The lowest BCUT2D eigenvalue weighted by atomic mass is 9.73. The number of rotatable bonds is 1. The van der Waals surface area contributed by atoms with Gasteiger partial charge in [0.05, 0.1) is 5.56 Å². The fraction of sp³-hybridized carbons (Fsp3) is 0.375. The van der Waals surface area contributed by atoms with Crippen LogP contribution in [0.2, 0.25) is 0 Å². The van der Waals surface area contributed by atoms with Crippen LogP contribution in [0.1, 0.15) is 37.8 Å². The summed E-state index contributed by atoms with van der Waals surface area (Å²) in [6, 6.07) is 3.69. The van der Waals surface area contributed by atoms with Crippen molar-refractivity contribution in [3.05, 3.63) is 41.0 Å². The summed E-state index contributed by atoms with van der Waals surface area (Å²) < 4.78 is 37.5. The Kier molecular flexibility index (Phi) is 3.89. The predicted octanol–water partition coefficient (Wildman–Crippen LogP) is 3.93. The first-order valence-corrected chi connectivity index (χ1v) is 6.68. The maximum Gasteiger partial charge on any atom is 0.416 e. The first kappa shape index (κ1) is 16.3. The van der Waals surface area contributed by atoms with Crippen LogP contribution in [0, 0.1) is 5.41 Å². The topological polar surface area (TPSA) is 54.4 Å². The lowest BCUT2D eigenvalue weighted by molar-refractivity contribution is -0.137. The van der Waals surface area contributed by atoms with Gasteiger partial charge >= 0.3 is 6.18 Å². The summed E-state index contributed by atoms with van der Waals surface area (Å²) in [6.45, 7) is 3.55. The predicted molar refractivity (Wildman–Crippen MR) is 74.0 cm³/mol. The molecule has 1 aliphatic rings. The van der Waals surface area contributed by atoms with Gasteiger partial charge in [0.15, 0.2) is 11.6 Å². The number of allylic oxidation sites excluding steroid dienone is 1. The zero-order valence-corrected chi connectivity index (χ0v) is 12.1. The summed E-state index contributed by atoms with van der Waals surface area (Å²) in [7, 11) is 0. The average Bonchev–Trinajstić information content (AvgIpc) is 2.35. The second kappa shape index (κ2) is 5.26. The number of ketones is 2. The van der Waals surface area contributed by atoms with E-state index in [-0.39, 0.29) is 24.0 Å². The molecule has 22 heavy (non-hydrogen) atoms. The van der Waals surface area contributed by atoms with Crippen molar-refractivity contribution in [3.63, 3.8) is 0 Å². The molecule has 1 fully saturated rings. The van der Waals surface area contributed by atoms with Crippen LogP contribution >= 0.6 is 0 Å². The van der Waals surface area contributed by atoms with Gasteiger partial charge in [-0.15, -0.1) is 0 Å². The zero-order chi connectivity index (χ0) is 16.7. The van der Waals surface area contributed by atoms with E-state index in [1.807, 2.05) is 0 Å². The fourth-order valence-corrected chi connectivity index (χ4v) is 2.49. The highest BCUT2D eigenvalue weighted by molar-refractivity contribution is 6.26. The Balaban J connectivity index is 2.40. The molecular formula is C16H15F3O3. The molecule has 1 saturated carbocycles. The van der Waals surface area contributed by atoms with Crippen molar-refractivity contribution in [2.75, 3.05) is 0 Å². The van der Waals surface area contributed by atoms with Crippen molar-refractivity contribution in [1.82, 2.24) is 0 Å². The lowest BCUT2D eigenvalue weighted by Crippen LogP contribution is -2.32. The number of alkyl halides is 3. The minimum Gasteiger partial charge on any atom is -0.506 e. The Labute approximate surface area is 125 Å². The molecule has 1 aromatic carbocycles. The van der Waals surface area contributed by atoms with Gasteiger partial charge in [0, 0.05) is 18.4 Å². The largest absolute Gasteiger partial charge is 0.506 e. The van der Waals surface area contributed by atoms with Gasteiger partial charge in [-0.3, -0.25) is 9.59 Å². The molecule has 3 nitrogen and oxygen atoms in total. The number of aliphatic hydroxyl groups is 1. The number of halogens is 3. The second-order valence-electron chi connectivity index (χ2n) is 6.16. The third kappa shape index (κ3) is 3.21. The second-order valence-corrected chi connectivity index (χ2v) is 6.16. The van der Waals surface area contributed by atoms with E-state index >= 15 is 0 Å². The van der Waals surface area contributed by atoms with Crippen molar-refractivity contribution >= 4 is 17.3 Å². The van der Waals surface area contributed by atoms with Gasteiger partial charge in [0.2, 0.25) is 0 Å². The number of aliphatic hydroxyl groups excluding tert-OH is 1. The molecule has 1 aliphatic carbocycles. The molecule has 0 unspecified atom stereocenters. The van der Waals surface area contributed by atoms with Gasteiger partial charge in [-0.25, -0.2) is 0 Å². The Morgan fingerprint density at radius 3 is 1.91 bits per heavy atom. The molecule has 118 valence electrons. The number of hydrogen-bond donors (Lipinski definition) is 1. The standard InChI is InChI=1S/C16H15F3O3/c1-15(2)7-11(20)13(12(21)8-15)14(22)9-3-5-10(6-4-9)16(17,18)19/h3-6,22H,7-8H2,1-2H3. The van der Waals surface area contributed by atoms with Gasteiger partial charge in [-0.2, -0.15) is 13.2 Å². The van der Waals surface area contributed by atoms with E-state index in [4.69, 9.17) is 0 Å². The molecule has 0 amide bonds. The molecule has 0 radical (unpaired) electrons. The first-order valence-electron chi connectivity index (χ1n) is 6.68. The summed E-state index contributed by atoms with van der Waals surface area (Å²) in [5.41, 5.74) is -1.64. The summed E-state index contributed by atoms with van der Waals surface area (Å²) in [4.78, 5) is 24.1. The Morgan fingerprint density at radius 2 is 1.50 bits per heavy atom. The highest BCUT2D eigenvalue weighted by Gasteiger charge is 2.38. The highest BCUT2D eigenvalue weighted by Crippen LogP contribution is 2.36. The Hall–Kier alpha value is -2.11. The summed E-state index contributed by atoms with van der Waals surface area (Å²) in [5.74, 6) is -1.53. The van der Waals surface area contributed by atoms with E-state index in [0.29, 0.717) is 0 Å². The van der Waals surface area contributed by atoms with E-state index in [9.17, 15) is 27.9 Å². The van der Waals surface area contributed by atoms with E-state index in [1.165, 1.54) is 0 Å². The Morgan fingerprint density at radius 1 is 1.05 bits per heavy atom. The lowest BCUT2D eigenvalue weighted by Gasteiger charge is -2.28. The molecule has 0 atom stereocenters. The molecule has 0 saturated heterocycles. The van der Waals surface area contributed by atoms with E-state index in [1.54, 1.807) is 13.8 Å². The van der Waals surface area contributed by atoms with Gasteiger partial charge < -0.3 is 5.11 Å². The maximum absolute atomic E-state index is 12.5. The van der Waals surface area contributed by atoms with Gasteiger partial charge in [-0.05, 0) is 17.5 Å². The molecule has 0 aliphatic heterocycles. The van der Waals surface area contributed by atoms with Crippen LogP contribution < -0.4 is 0 Å². The quantitative estimate of drug-likeness (QED) is 0.485. The molecule has 2 rings (SSSR count). The zero-order valence-electron chi connectivity index (χ0n) is 12.1. The van der Waals surface area contributed by atoms with Crippen molar-refractivity contribution in [3.8, 4) is 0 Å².